The maximum atomic E-state index is 13.3. The molecule has 0 bridgehead atoms. The van der Waals surface area contributed by atoms with Crippen LogP contribution in [-0.2, 0) is 14.3 Å². The highest BCUT2D eigenvalue weighted by atomic mass is 19.4. The quantitative estimate of drug-likeness (QED) is 0.112. The van der Waals surface area contributed by atoms with Crippen molar-refractivity contribution >= 4 is 17.9 Å². The van der Waals surface area contributed by atoms with E-state index in [1.165, 1.54) is 37.8 Å². The number of esters is 3. The number of carbonyl (C=O) groups excluding carboxylic acids is 3. The molecule has 0 aliphatic heterocycles. The number of alkyl halides is 3. The number of halogens is 3. The van der Waals surface area contributed by atoms with Crippen LogP contribution in [0.4, 0.5) is 13.2 Å². The summed E-state index contributed by atoms with van der Waals surface area (Å²) in [7, 11) is 0. The molecule has 40 heavy (non-hydrogen) atoms. The molecule has 0 radical (unpaired) electrons. The van der Waals surface area contributed by atoms with Crippen LogP contribution in [0.3, 0.4) is 0 Å². The zero-order chi connectivity index (χ0) is 29.4. The lowest BCUT2D eigenvalue weighted by Crippen LogP contribution is -2.42. The Morgan fingerprint density at radius 2 is 1.18 bits per heavy atom. The standard InChI is InChI=1S/C30H37F3O7/c1-3-5-7-8-9-11-20-37-24-16-12-22(13-17-24)27(34)39-25-18-14-23(15-19-25)28(35)40-26(30(31,32)33)29(36)38-21-10-6-4-2/h12-19,26H,3-11,20-21H2,1-2H3. The summed E-state index contributed by atoms with van der Waals surface area (Å²) in [5.74, 6) is -3.02. The number of unbranched alkanes of at least 4 members (excludes halogenated alkanes) is 7. The lowest BCUT2D eigenvalue weighted by molar-refractivity contribution is -0.218. The average molecular weight is 567 g/mol. The largest absolute Gasteiger partial charge is 0.494 e. The summed E-state index contributed by atoms with van der Waals surface area (Å²) >= 11 is 0. The van der Waals surface area contributed by atoms with Gasteiger partial charge in [-0.15, -0.1) is 0 Å². The van der Waals surface area contributed by atoms with Crippen LogP contribution in [-0.4, -0.2) is 43.4 Å². The minimum atomic E-state index is -5.14. The number of hydrogen-bond acceptors (Lipinski definition) is 7. The molecule has 0 aliphatic carbocycles. The van der Waals surface area contributed by atoms with E-state index in [1.807, 2.05) is 6.92 Å². The molecule has 7 nitrogen and oxygen atoms in total. The molecule has 0 saturated heterocycles. The van der Waals surface area contributed by atoms with Crippen molar-refractivity contribution in [3.63, 3.8) is 0 Å². The monoisotopic (exact) mass is 566 g/mol. The summed E-state index contributed by atoms with van der Waals surface area (Å²) in [5, 5.41) is 0. The summed E-state index contributed by atoms with van der Waals surface area (Å²) in [6, 6.07) is 11.2. The fourth-order valence-corrected chi connectivity index (χ4v) is 3.61. The van der Waals surface area contributed by atoms with Crippen molar-refractivity contribution in [3.8, 4) is 11.5 Å². The van der Waals surface area contributed by atoms with E-state index < -0.39 is 30.2 Å². The first kappa shape index (κ1) is 32.7. The molecule has 0 amide bonds. The van der Waals surface area contributed by atoms with Gasteiger partial charge in [0.05, 0.1) is 24.3 Å². The molecule has 2 rings (SSSR count). The maximum absolute atomic E-state index is 13.3. The minimum Gasteiger partial charge on any atom is -0.494 e. The highest BCUT2D eigenvalue weighted by molar-refractivity contribution is 5.93. The molecule has 0 aliphatic rings. The second-order valence-electron chi connectivity index (χ2n) is 9.26. The van der Waals surface area contributed by atoms with Crippen LogP contribution in [0.25, 0.3) is 0 Å². The Bertz CT molecular complexity index is 1050. The normalized spacial score (nSPS) is 11.9. The van der Waals surface area contributed by atoms with Gasteiger partial charge in [-0.2, -0.15) is 13.2 Å². The molecule has 0 fully saturated rings. The van der Waals surface area contributed by atoms with Gasteiger partial charge >= 0.3 is 24.1 Å². The number of hydrogen-bond donors (Lipinski definition) is 0. The van der Waals surface area contributed by atoms with E-state index in [1.54, 1.807) is 24.3 Å². The minimum absolute atomic E-state index is 0.0626. The molecule has 2 aromatic carbocycles. The highest BCUT2D eigenvalue weighted by Crippen LogP contribution is 2.26. The molecule has 2 aromatic rings. The fraction of sp³-hybridized carbons (Fsp3) is 0.500. The van der Waals surface area contributed by atoms with Crippen molar-refractivity contribution in [1.29, 1.82) is 0 Å². The van der Waals surface area contributed by atoms with E-state index in [9.17, 15) is 27.6 Å². The third-order valence-corrected chi connectivity index (χ3v) is 5.89. The molecule has 0 aromatic heterocycles. The predicted molar refractivity (Wildman–Crippen MR) is 142 cm³/mol. The topological polar surface area (TPSA) is 88.1 Å². The van der Waals surface area contributed by atoms with Gasteiger partial charge in [-0.1, -0.05) is 58.8 Å². The average Bonchev–Trinajstić information content (AvgIpc) is 2.93. The molecular weight excluding hydrogens is 529 g/mol. The second kappa shape index (κ2) is 17.2. The first-order valence-electron chi connectivity index (χ1n) is 13.6. The Morgan fingerprint density at radius 3 is 1.77 bits per heavy atom. The zero-order valence-corrected chi connectivity index (χ0v) is 23.0. The fourth-order valence-electron chi connectivity index (χ4n) is 3.61. The van der Waals surface area contributed by atoms with Gasteiger partial charge in [-0.3, -0.25) is 0 Å². The Balaban J connectivity index is 1.86. The van der Waals surface area contributed by atoms with Crippen molar-refractivity contribution in [1.82, 2.24) is 0 Å². The highest BCUT2D eigenvalue weighted by Gasteiger charge is 2.49. The number of benzene rings is 2. The van der Waals surface area contributed by atoms with E-state index in [4.69, 9.17) is 9.47 Å². The van der Waals surface area contributed by atoms with E-state index in [-0.39, 0.29) is 23.5 Å². The number of rotatable bonds is 17. The van der Waals surface area contributed by atoms with Crippen LogP contribution in [0.5, 0.6) is 11.5 Å². The van der Waals surface area contributed by atoms with E-state index in [0.29, 0.717) is 25.2 Å². The molecule has 0 N–H and O–H groups in total. The second-order valence-corrected chi connectivity index (χ2v) is 9.26. The molecule has 0 spiro atoms. The van der Waals surface area contributed by atoms with Gasteiger partial charge in [-0.05, 0) is 61.4 Å². The zero-order valence-electron chi connectivity index (χ0n) is 23.0. The molecule has 0 heterocycles. The Hall–Kier alpha value is -3.56. The van der Waals surface area contributed by atoms with Crippen LogP contribution in [0, 0.1) is 0 Å². The summed E-state index contributed by atoms with van der Waals surface area (Å²) in [5.41, 5.74) is 0.000525. The third-order valence-electron chi connectivity index (χ3n) is 5.89. The van der Waals surface area contributed by atoms with Crippen molar-refractivity contribution in [2.75, 3.05) is 13.2 Å². The van der Waals surface area contributed by atoms with Crippen LogP contribution in [0.1, 0.15) is 92.4 Å². The molecule has 0 saturated carbocycles. The van der Waals surface area contributed by atoms with Crippen molar-refractivity contribution in [2.24, 2.45) is 0 Å². The summed E-state index contributed by atoms with van der Waals surface area (Å²) in [6.07, 6.45) is 0.620. The van der Waals surface area contributed by atoms with Gasteiger partial charge in [0.2, 0.25) is 0 Å². The van der Waals surface area contributed by atoms with Gasteiger partial charge in [0, 0.05) is 0 Å². The SMILES string of the molecule is CCCCCCCCOc1ccc(C(=O)Oc2ccc(C(=O)OC(C(=O)OCCCCC)C(F)(F)F)cc2)cc1. The van der Waals surface area contributed by atoms with Crippen molar-refractivity contribution < 1.29 is 46.5 Å². The molecule has 220 valence electrons. The lowest BCUT2D eigenvalue weighted by atomic mass is 10.1. The first-order valence-corrected chi connectivity index (χ1v) is 13.6. The third kappa shape index (κ3) is 11.7. The molecular formula is C30H37F3O7. The lowest BCUT2D eigenvalue weighted by Gasteiger charge is -2.19. The summed E-state index contributed by atoms with van der Waals surface area (Å²) in [6.45, 7) is 4.45. The van der Waals surface area contributed by atoms with E-state index in [0.717, 1.165) is 31.4 Å². The summed E-state index contributed by atoms with van der Waals surface area (Å²) in [4.78, 5) is 36.6. The van der Waals surface area contributed by atoms with Crippen LogP contribution >= 0.6 is 0 Å². The van der Waals surface area contributed by atoms with Gasteiger partial charge in [0.1, 0.15) is 11.5 Å². The van der Waals surface area contributed by atoms with Crippen LogP contribution in [0.2, 0.25) is 0 Å². The Morgan fingerprint density at radius 1 is 0.675 bits per heavy atom. The number of carbonyl (C=O) groups is 3. The molecule has 1 atom stereocenters. The maximum Gasteiger partial charge on any atom is 0.436 e. The summed E-state index contributed by atoms with van der Waals surface area (Å²) < 4.78 is 59.9. The Labute approximate surface area is 232 Å². The van der Waals surface area contributed by atoms with Gasteiger partial charge in [0.15, 0.2) is 0 Å². The molecule has 1 unspecified atom stereocenters. The van der Waals surface area contributed by atoms with Gasteiger partial charge < -0.3 is 18.9 Å². The van der Waals surface area contributed by atoms with Crippen LogP contribution < -0.4 is 9.47 Å². The van der Waals surface area contributed by atoms with Crippen molar-refractivity contribution in [3.05, 3.63) is 59.7 Å². The van der Waals surface area contributed by atoms with Gasteiger partial charge in [0.25, 0.3) is 6.10 Å². The van der Waals surface area contributed by atoms with Crippen molar-refractivity contribution in [2.45, 2.75) is 83.9 Å². The van der Waals surface area contributed by atoms with E-state index in [2.05, 4.69) is 16.4 Å². The first-order chi connectivity index (χ1) is 19.2. The van der Waals surface area contributed by atoms with Crippen LogP contribution in [0.15, 0.2) is 48.5 Å². The molecule has 10 heteroatoms. The smallest absolute Gasteiger partial charge is 0.436 e. The van der Waals surface area contributed by atoms with Gasteiger partial charge in [-0.25, -0.2) is 14.4 Å². The Kier molecular flexibility index (Phi) is 14.0. The number of ether oxygens (including phenoxy) is 4. The predicted octanol–water partition coefficient (Wildman–Crippen LogP) is 7.47. The van der Waals surface area contributed by atoms with E-state index >= 15 is 0 Å².